The fourth-order valence-electron chi connectivity index (χ4n) is 2.37. The van der Waals surface area contributed by atoms with Gasteiger partial charge in [0.05, 0.1) is 12.1 Å². The van der Waals surface area contributed by atoms with Gasteiger partial charge in [0.15, 0.2) is 5.82 Å². The van der Waals surface area contributed by atoms with E-state index in [1.807, 2.05) is 13.0 Å². The Morgan fingerprint density at radius 3 is 2.84 bits per heavy atom. The number of anilines is 1. The Balaban J connectivity index is 1.83. The van der Waals surface area contributed by atoms with Gasteiger partial charge in [0, 0.05) is 23.4 Å². The lowest BCUT2D eigenvalue weighted by atomic mass is 10.1. The first-order valence-corrected chi connectivity index (χ1v) is 8.01. The molecule has 0 radical (unpaired) electrons. The number of carbonyl (C=O) groups is 1. The molecule has 3 aromatic rings. The van der Waals surface area contributed by atoms with Gasteiger partial charge in [-0.2, -0.15) is 0 Å². The normalized spacial score (nSPS) is 10.5. The average molecular weight is 358 g/mol. The number of methoxy groups -OCH3 is 1. The van der Waals surface area contributed by atoms with Crippen LogP contribution in [0.4, 0.5) is 5.69 Å². The maximum Gasteiger partial charge on any atom is 0.255 e. The summed E-state index contributed by atoms with van der Waals surface area (Å²) in [4.78, 5) is 12.5. The Morgan fingerprint density at radius 2 is 2.12 bits per heavy atom. The van der Waals surface area contributed by atoms with Gasteiger partial charge < -0.3 is 10.1 Å². The Hall–Kier alpha value is -2.93. The first-order chi connectivity index (χ1) is 12.1. The standard InChI is InChI=1S/C17H16ClN5O2/c1-3-23-16(20-21-22-23)11-5-4-6-12(9-11)17(24)19-13-7-8-15(25-2)14(18)10-13/h4-10H,3H2,1-2H3,(H,19,24). The molecule has 3 rings (SSSR count). The smallest absolute Gasteiger partial charge is 0.255 e. The highest BCUT2D eigenvalue weighted by Crippen LogP contribution is 2.27. The summed E-state index contributed by atoms with van der Waals surface area (Å²) in [6.07, 6.45) is 0. The van der Waals surface area contributed by atoms with Crippen molar-refractivity contribution in [3.05, 3.63) is 53.1 Å². The van der Waals surface area contributed by atoms with Crippen molar-refractivity contribution in [2.45, 2.75) is 13.5 Å². The van der Waals surface area contributed by atoms with Crippen LogP contribution in [0, 0.1) is 0 Å². The maximum absolute atomic E-state index is 12.5. The summed E-state index contributed by atoms with van der Waals surface area (Å²) in [5.74, 6) is 0.913. The molecule has 0 aliphatic heterocycles. The first kappa shape index (κ1) is 16.9. The molecule has 0 saturated heterocycles. The van der Waals surface area contributed by atoms with Crippen LogP contribution in [0.1, 0.15) is 17.3 Å². The van der Waals surface area contributed by atoms with Crippen LogP contribution in [0.2, 0.25) is 5.02 Å². The van der Waals surface area contributed by atoms with Gasteiger partial charge in [-0.25, -0.2) is 4.68 Å². The van der Waals surface area contributed by atoms with Gasteiger partial charge in [-0.05, 0) is 47.7 Å². The summed E-state index contributed by atoms with van der Waals surface area (Å²) in [6.45, 7) is 2.59. The summed E-state index contributed by atoms with van der Waals surface area (Å²) in [5.41, 5.74) is 1.85. The van der Waals surface area contributed by atoms with E-state index in [4.69, 9.17) is 16.3 Å². The Labute approximate surface area is 149 Å². The minimum atomic E-state index is -0.251. The van der Waals surface area contributed by atoms with Crippen molar-refractivity contribution in [2.75, 3.05) is 12.4 Å². The Morgan fingerprint density at radius 1 is 1.28 bits per heavy atom. The van der Waals surface area contributed by atoms with Crippen molar-refractivity contribution in [3.8, 4) is 17.1 Å². The topological polar surface area (TPSA) is 81.9 Å². The lowest BCUT2D eigenvalue weighted by Gasteiger charge is -2.09. The number of aryl methyl sites for hydroxylation is 1. The number of hydrogen-bond donors (Lipinski definition) is 1. The second-order valence-corrected chi connectivity index (χ2v) is 5.61. The summed E-state index contributed by atoms with van der Waals surface area (Å²) in [5, 5.41) is 14.8. The van der Waals surface area contributed by atoms with E-state index in [0.29, 0.717) is 34.4 Å². The van der Waals surface area contributed by atoms with E-state index < -0.39 is 0 Å². The van der Waals surface area contributed by atoms with Gasteiger partial charge in [-0.1, -0.05) is 23.7 Å². The highest BCUT2D eigenvalue weighted by atomic mass is 35.5. The predicted molar refractivity (Wildman–Crippen MR) is 94.9 cm³/mol. The minimum absolute atomic E-state index is 0.251. The van der Waals surface area contributed by atoms with Gasteiger partial charge in [0.2, 0.25) is 0 Å². The quantitative estimate of drug-likeness (QED) is 0.757. The van der Waals surface area contributed by atoms with Crippen LogP contribution in [-0.4, -0.2) is 33.2 Å². The number of nitrogens with one attached hydrogen (secondary N) is 1. The molecule has 128 valence electrons. The number of rotatable bonds is 5. The number of aromatic nitrogens is 4. The molecule has 1 N–H and O–H groups in total. The lowest BCUT2D eigenvalue weighted by molar-refractivity contribution is 0.102. The number of hydrogen-bond acceptors (Lipinski definition) is 5. The molecule has 1 heterocycles. The van der Waals surface area contributed by atoms with Crippen LogP contribution in [0.3, 0.4) is 0 Å². The van der Waals surface area contributed by atoms with Crippen molar-refractivity contribution in [1.29, 1.82) is 0 Å². The molecule has 7 nitrogen and oxygen atoms in total. The highest BCUT2D eigenvalue weighted by Gasteiger charge is 2.12. The van der Waals surface area contributed by atoms with Crippen molar-refractivity contribution in [2.24, 2.45) is 0 Å². The zero-order valence-corrected chi connectivity index (χ0v) is 14.5. The van der Waals surface area contributed by atoms with Gasteiger partial charge in [0.25, 0.3) is 5.91 Å². The van der Waals surface area contributed by atoms with Crippen LogP contribution in [0.25, 0.3) is 11.4 Å². The molecule has 0 aliphatic rings. The van der Waals surface area contributed by atoms with E-state index >= 15 is 0 Å². The number of benzene rings is 2. The fraction of sp³-hybridized carbons (Fsp3) is 0.176. The van der Waals surface area contributed by atoms with Gasteiger partial charge in [0.1, 0.15) is 5.75 Å². The molecule has 1 aromatic heterocycles. The molecule has 0 bridgehead atoms. The zero-order chi connectivity index (χ0) is 17.8. The maximum atomic E-state index is 12.5. The second-order valence-electron chi connectivity index (χ2n) is 5.20. The number of ether oxygens (including phenoxy) is 1. The third-order valence-corrected chi connectivity index (χ3v) is 3.92. The van der Waals surface area contributed by atoms with Gasteiger partial charge in [-0.15, -0.1) is 5.10 Å². The zero-order valence-electron chi connectivity index (χ0n) is 13.7. The van der Waals surface area contributed by atoms with Crippen LogP contribution < -0.4 is 10.1 Å². The monoisotopic (exact) mass is 357 g/mol. The molecule has 0 atom stereocenters. The number of halogens is 1. The molecule has 2 aromatic carbocycles. The lowest BCUT2D eigenvalue weighted by Crippen LogP contribution is -2.12. The Bertz CT molecular complexity index is 910. The highest BCUT2D eigenvalue weighted by molar-refractivity contribution is 6.32. The number of amides is 1. The molecule has 8 heteroatoms. The van der Waals surface area contributed by atoms with Crippen molar-refractivity contribution < 1.29 is 9.53 Å². The number of tetrazole rings is 1. The second kappa shape index (κ2) is 7.31. The van der Waals surface area contributed by atoms with E-state index in [9.17, 15) is 4.79 Å². The molecule has 1 amide bonds. The summed E-state index contributed by atoms with van der Waals surface area (Å²) < 4.78 is 6.77. The van der Waals surface area contributed by atoms with E-state index in [2.05, 4.69) is 20.8 Å². The predicted octanol–water partition coefficient (Wildman–Crippen LogP) is 3.27. The number of carbonyl (C=O) groups excluding carboxylic acids is 1. The molecule has 0 unspecified atom stereocenters. The summed E-state index contributed by atoms with van der Waals surface area (Å²) >= 11 is 6.08. The molecular weight excluding hydrogens is 342 g/mol. The molecule has 0 fully saturated rings. The number of nitrogens with zero attached hydrogens (tertiary/aromatic N) is 4. The molecule has 0 aliphatic carbocycles. The van der Waals surface area contributed by atoms with E-state index in [1.165, 1.54) is 7.11 Å². The fourth-order valence-corrected chi connectivity index (χ4v) is 2.63. The van der Waals surface area contributed by atoms with Crippen LogP contribution in [0.15, 0.2) is 42.5 Å². The van der Waals surface area contributed by atoms with E-state index in [-0.39, 0.29) is 5.91 Å². The largest absolute Gasteiger partial charge is 0.495 e. The Kier molecular flexibility index (Phi) is 4.95. The molecule has 25 heavy (non-hydrogen) atoms. The third-order valence-electron chi connectivity index (χ3n) is 3.62. The molecule has 0 saturated carbocycles. The third kappa shape index (κ3) is 3.61. The van der Waals surface area contributed by atoms with Crippen LogP contribution in [-0.2, 0) is 6.54 Å². The van der Waals surface area contributed by atoms with Gasteiger partial charge in [-0.3, -0.25) is 4.79 Å². The van der Waals surface area contributed by atoms with Crippen LogP contribution >= 0.6 is 11.6 Å². The summed E-state index contributed by atoms with van der Waals surface area (Å²) in [7, 11) is 1.54. The van der Waals surface area contributed by atoms with E-state index in [0.717, 1.165) is 5.56 Å². The minimum Gasteiger partial charge on any atom is -0.495 e. The average Bonchev–Trinajstić information content (AvgIpc) is 3.11. The summed E-state index contributed by atoms with van der Waals surface area (Å²) in [6, 6.07) is 12.2. The van der Waals surface area contributed by atoms with Crippen LogP contribution in [0.5, 0.6) is 5.75 Å². The first-order valence-electron chi connectivity index (χ1n) is 7.64. The molecular formula is C17H16ClN5O2. The van der Waals surface area contributed by atoms with Crippen molar-refractivity contribution in [1.82, 2.24) is 20.2 Å². The van der Waals surface area contributed by atoms with E-state index in [1.54, 1.807) is 41.1 Å². The van der Waals surface area contributed by atoms with Gasteiger partial charge >= 0.3 is 0 Å². The van der Waals surface area contributed by atoms with Crippen molar-refractivity contribution in [3.63, 3.8) is 0 Å². The SMILES string of the molecule is CCn1nnnc1-c1cccc(C(=O)Nc2ccc(OC)c(Cl)c2)c1. The molecule has 0 spiro atoms. The van der Waals surface area contributed by atoms with Crippen molar-refractivity contribution >= 4 is 23.2 Å².